The minimum absolute atomic E-state index is 0.0880. The fraction of sp³-hybridized carbons (Fsp3) is 0.211. The van der Waals surface area contributed by atoms with Gasteiger partial charge in [-0.25, -0.2) is 13.9 Å². The van der Waals surface area contributed by atoms with E-state index in [9.17, 15) is 45.4 Å². The third-order valence-electron chi connectivity index (χ3n) is 4.80. The van der Waals surface area contributed by atoms with E-state index in [0.717, 1.165) is 23.1 Å². The van der Waals surface area contributed by atoms with Gasteiger partial charge in [0.15, 0.2) is 0 Å². The number of aromatic nitrogens is 3. The molecule has 1 aromatic carbocycles. The molecule has 1 amide bonds. The van der Waals surface area contributed by atoms with Gasteiger partial charge in [0.05, 0.1) is 26.9 Å². The van der Waals surface area contributed by atoms with Crippen molar-refractivity contribution in [3.05, 3.63) is 57.4 Å². The minimum Gasteiger partial charge on any atom is -0.478 e. The van der Waals surface area contributed by atoms with Crippen LogP contribution in [-0.2, 0) is 17.0 Å². The summed E-state index contributed by atoms with van der Waals surface area (Å²) in [6, 6.07) is 4.03. The molecule has 3 rings (SSSR count). The average molecular weight is 592 g/mol. The van der Waals surface area contributed by atoms with Crippen LogP contribution in [0.2, 0.25) is 5.02 Å². The Bertz CT molecular complexity index is 1300. The molecule has 0 unspecified atom stereocenters. The molecule has 0 radical (unpaired) electrons. The lowest BCUT2D eigenvalue weighted by molar-refractivity contribution is -0.350. The lowest BCUT2D eigenvalue weighted by Crippen LogP contribution is -2.51. The van der Waals surface area contributed by atoms with Gasteiger partial charge in [-0.1, -0.05) is 17.7 Å². The van der Waals surface area contributed by atoms with Gasteiger partial charge in [-0.2, -0.15) is 31.4 Å². The number of nitrogens with two attached hydrogens (primary N) is 1. The van der Waals surface area contributed by atoms with Crippen molar-refractivity contribution in [2.24, 2.45) is 5.73 Å². The number of carboxylic acids is 1. The van der Waals surface area contributed by atoms with Gasteiger partial charge in [0, 0.05) is 11.8 Å². The van der Waals surface area contributed by atoms with Crippen LogP contribution >= 0.6 is 27.5 Å². The maximum atomic E-state index is 14.8. The second kappa shape index (κ2) is 8.86. The van der Waals surface area contributed by atoms with E-state index in [1.54, 1.807) is 0 Å². The highest BCUT2D eigenvalue weighted by Gasteiger charge is 2.75. The average Bonchev–Trinajstić information content (AvgIpc) is 3.30. The number of alkyl halides is 7. The van der Waals surface area contributed by atoms with E-state index in [1.165, 1.54) is 12.1 Å². The maximum Gasteiger partial charge on any atom is 0.437 e. The summed E-state index contributed by atoms with van der Waals surface area (Å²) in [5.74, 6) is -3.29. The first kappa shape index (κ1) is 26.5. The highest BCUT2D eigenvalue weighted by molar-refractivity contribution is 9.10. The van der Waals surface area contributed by atoms with Crippen molar-refractivity contribution < 1.29 is 45.4 Å². The number of benzene rings is 1. The van der Waals surface area contributed by atoms with Crippen molar-refractivity contribution in [1.29, 1.82) is 0 Å². The van der Waals surface area contributed by atoms with Crippen LogP contribution in [0.1, 0.15) is 16.1 Å². The molecule has 0 saturated carbocycles. The Morgan fingerprint density at radius 3 is 2.17 bits per heavy atom. The van der Waals surface area contributed by atoms with E-state index in [1.807, 2.05) is 0 Å². The number of primary amides is 1. The van der Waals surface area contributed by atoms with Gasteiger partial charge >= 0.3 is 24.0 Å². The molecule has 188 valence electrons. The zero-order valence-electron chi connectivity index (χ0n) is 16.8. The molecule has 35 heavy (non-hydrogen) atoms. The van der Waals surface area contributed by atoms with Crippen molar-refractivity contribution >= 4 is 39.4 Å². The Hall–Kier alpha value is -3.07. The highest BCUT2D eigenvalue weighted by Crippen LogP contribution is 2.54. The number of hydrogen-bond donors (Lipinski definition) is 2. The van der Waals surface area contributed by atoms with Crippen LogP contribution in [0.5, 0.6) is 0 Å². The summed E-state index contributed by atoms with van der Waals surface area (Å²) in [4.78, 5) is 22.8. The quantitative estimate of drug-likeness (QED) is 0.383. The lowest BCUT2D eigenvalue weighted by Gasteiger charge is -2.31. The molecular formula is C19H11BrClF7N4O3. The predicted octanol–water partition coefficient (Wildman–Crippen LogP) is 5.23. The smallest absolute Gasteiger partial charge is 0.437 e. The Balaban J connectivity index is 2.24. The third kappa shape index (κ3) is 4.61. The molecule has 0 aliphatic heterocycles. The molecule has 2 heterocycles. The Morgan fingerprint density at radius 2 is 1.66 bits per heavy atom. The van der Waals surface area contributed by atoms with E-state index in [-0.39, 0.29) is 32.3 Å². The van der Waals surface area contributed by atoms with Crippen LogP contribution in [0.3, 0.4) is 0 Å². The fourth-order valence-electron chi connectivity index (χ4n) is 3.25. The second-order valence-corrected chi connectivity index (χ2v) is 8.34. The molecule has 3 aromatic rings. The van der Waals surface area contributed by atoms with Crippen molar-refractivity contribution in [2.75, 3.05) is 0 Å². The number of carboxylic acid groups (broad SMARTS) is 1. The van der Waals surface area contributed by atoms with Crippen LogP contribution < -0.4 is 5.73 Å². The van der Waals surface area contributed by atoms with Crippen LogP contribution in [0.4, 0.5) is 30.7 Å². The molecule has 0 spiro atoms. The summed E-state index contributed by atoms with van der Waals surface area (Å²) in [5, 5.41) is 13.0. The number of rotatable bonds is 6. The van der Waals surface area contributed by atoms with E-state index in [4.69, 9.17) is 17.3 Å². The Morgan fingerprint density at radius 1 is 1.06 bits per heavy atom. The lowest BCUT2D eigenvalue weighted by atomic mass is 10.0. The summed E-state index contributed by atoms with van der Waals surface area (Å²) >= 11 is 8.61. The SMILES string of the molecule is NC(=O)Cn1c(C(F)(C(F)(F)F)C(F)(F)F)cc(Br)c1-n1cc(-c2ccc(Cl)c(C(=O)O)c2)cn1. The summed E-state index contributed by atoms with van der Waals surface area (Å²) in [7, 11) is 0. The monoisotopic (exact) mass is 590 g/mol. The topological polar surface area (TPSA) is 103 Å². The molecule has 7 nitrogen and oxygen atoms in total. The first-order chi connectivity index (χ1) is 16.0. The first-order valence-corrected chi connectivity index (χ1v) is 10.2. The van der Waals surface area contributed by atoms with Gasteiger partial charge in [0.25, 0.3) is 0 Å². The molecule has 0 aliphatic rings. The Kier molecular flexibility index (Phi) is 6.71. The fourth-order valence-corrected chi connectivity index (χ4v) is 4.06. The van der Waals surface area contributed by atoms with Crippen molar-refractivity contribution in [2.45, 2.75) is 24.6 Å². The summed E-state index contributed by atoms with van der Waals surface area (Å²) < 4.78 is 95.6. The van der Waals surface area contributed by atoms with Crippen molar-refractivity contribution in [3.8, 4) is 16.9 Å². The van der Waals surface area contributed by atoms with Gasteiger partial charge in [0.1, 0.15) is 12.4 Å². The number of aromatic carboxylic acids is 1. The standard InChI is InChI=1S/C19H11BrClF7N4O3/c20-11-4-13(17(22,18(23,24)25)19(26,27)28)31(7-14(29)33)15(11)32-6-9(5-30-32)8-1-2-12(21)10(3-8)16(34)35/h1-6H,7H2,(H2,29,33)(H,34,35). The van der Waals surface area contributed by atoms with Crippen molar-refractivity contribution in [1.82, 2.24) is 14.3 Å². The molecule has 0 saturated heterocycles. The van der Waals surface area contributed by atoms with Crippen LogP contribution in [0.15, 0.2) is 41.1 Å². The zero-order valence-corrected chi connectivity index (χ0v) is 19.1. The van der Waals surface area contributed by atoms with E-state index in [0.29, 0.717) is 0 Å². The summed E-state index contributed by atoms with van der Waals surface area (Å²) in [6.07, 6.45) is -10.7. The second-order valence-electron chi connectivity index (χ2n) is 7.08. The molecule has 0 aliphatic carbocycles. The molecule has 3 N–H and O–H groups in total. The highest BCUT2D eigenvalue weighted by atomic mass is 79.9. The number of carbonyl (C=O) groups excluding carboxylic acids is 1. The number of hydrogen-bond acceptors (Lipinski definition) is 3. The van der Waals surface area contributed by atoms with Gasteiger partial charge in [-0.15, -0.1) is 0 Å². The first-order valence-electron chi connectivity index (χ1n) is 9.07. The minimum atomic E-state index is -6.44. The van der Waals surface area contributed by atoms with E-state index < -0.39 is 52.4 Å². The third-order valence-corrected chi connectivity index (χ3v) is 5.71. The molecular weight excluding hydrogens is 581 g/mol. The number of halogens is 9. The normalized spacial score (nSPS) is 12.7. The summed E-state index contributed by atoms with van der Waals surface area (Å²) in [6.45, 7) is -1.26. The molecule has 2 aromatic heterocycles. The summed E-state index contributed by atoms with van der Waals surface area (Å²) in [5.41, 5.74) is -2.67. The Labute approximate surface area is 204 Å². The van der Waals surface area contributed by atoms with E-state index >= 15 is 0 Å². The van der Waals surface area contributed by atoms with Crippen LogP contribution in [0, 0.1) is 0 Å². The molecule has 0 fully saturated rings. The zero-order chi connectivity index (χ0) is 26.5. The number of nitrogens with zero attached hydrogens (tertiary/aromatic N) is 3. The van der Waals surface area contributed by atoms with Gasteiger partial charge in [0.2, 0.25) is 5.91 Å². The van der Waals surface area contributed by atoms with Crippen LogP contribution in [-0.4, -0.2) is 43.7 Å². The largest absolute Gasteiger partial charge is 0.478 e. The van der Waals surface area contributed by atoms with Gasteiger partial charge in [-0.05, 0) is 39.7 Å². The van der Waals surface area contributed by atoms with E-state index in [2.05, 4.69) is 21.0 Å². The molecule has 0 atom stereocenters. The van der Waals surface area contributed by atoms with Gasteiger partial charge < -0.3 is 15.4 Å². The molecule has 16 heteroatoms. The van der Waals surface area contributed by atoms with Gasteiger partial charge in [-0.3, -0.25) is 4.79 Å². The number of amides is 1. The maximum absolute atomic E-state index is 14.8. The number of carbonyl (C=O) groups is 2. The van der Waals surface area contributed by atoms with Crippen molar-refractivity contribution in [3.63, 3.8) is 0 Å². The predicted molar refractivity (Wildman–Crippen MR) is 111 cm³/mol. The molecule has 0 bridgehead atoms. The van der Waals surface area contributed by atoms with Crippen LogP contribution in [0.25, 0.3) is 16.9 Å².